The van der Waals surface area contributed by atoms with E-state index in [0.717, 1.165) is 18.8 Å². The van der Waals surface area contributed by atoms with Crippen LogP contribution in [0.15, 0.2) is 49.6 Å². The van der Waals surface area contributed by atoms with Crippen molar-refractivity contribution in [1.29, 1.82) is 0 Å². The first-order valence-electron chi connectivity index (χ1n) is 14.4. The number of amides is 2. The molecule has 3 aliphatic rings. The number of carbonyl (C=O) groups is 3. The van der Waals surface area contributed by atoms with E-state index < -0.39 is 35.0 Å². The summed E-state index contributed by atoms with van der Waals surface area (Å²) >= 11 is 0. The van der Waals surface area contributed by atoms with E-state index in [9.17, 15) is 19.5 Å². The van der Waals surface area contributed by atoms with E-state index in [1.807, 2.05) is 31.2 Å². The summed E-state index contributed by atoms with van der Waals surface area (Å²) in [5.74, 6) is -2.66. The van der Waals surface area contributed by atoms with Gasteiger partial charge in [-0.25, -0.2) is 0 Å². The summed E-state index contributed by atoms with van der Waals surface area (Å²) in [6, 6.07) is 6.91. The lowest BCUT2D eigenvalue weighted by molar-refractivity contribution is -0.158. The minimum absolute atomic E-state index is 0.0121. The van der Waals surface area contributed by atoms with E-state index in [2.05, 4.69) is 31.9 Å². The van der Waals surface area contributed by atoms with E-state index >= 15 is 0 Å². The largest absolute Gasteiger partial charge is 0.461 e. The molecule has 0 radical (unpaired) electrons. The highest BCUT2D eigenvalue weighted by atomic mass is 16.6. The van der Waals surface area contributed by atoms with Crippen LogP contribution in [0, 0.1) is 11.8 Å². The van der Waals surface area contributed by atoms with Crippen LogP contribution in [-0.2, 0) is 23.9 Å². The standard InChI is InChI=1S/C31H43N3O6/c1-6-18-33(23-14-12-22(13-15-23)32(8-3)9-4)28(37)26-31-17-16-30(5,40-31)25(29(38)39-21-7-2)24(31)27(36)34(26)19-10-11-20-35/h6-7,12-15,24-26,35H,1-2,8-11,16-21H2,3-5H3/t24-,25+,26?,30-,31?/m0/s1. The number of benzene rings is 1. The predicted molar refractivity (Wildman–Crippen MR) is 154 cm³/mol. The summed E-state index contributed by atoms with van der Waals surface area (Å²) in [6.07, 6.45) is 5.21. The van der Waals surface area contributed by atoms with Gasteiger partial charge in [0.2, 0.25) is 5.91 Å². The fourth-order valence-corrected chi connectivity index (χ4v) is 6.96. The van der Waals surface area contributed by atoms with Gasteiger partial charge in [0.05, 0.1) is 11.5 Å². The molecule has 1 spiro atoms. The Morgan fingerprint density at radius 1 is 1.12 bits per heavy atom. The molecule has 2 bridgehead atoms. The number of fused-ring (bicyclic) bond motifs is 1. The van der Waals surface area contributed by atoms with Gasteiger partial charge in [0, 0.05) is 44.2 Å². The minimum Gasteiger partial charge on any atom is -0.461 e. The molecule has 1 aromatic carbocycles. The molecular formula is C31H43N3O6. The summed E-state index contributed by atoms with van der Waals surface area (Å²) in [4.78, 5) is 47.3. The van der Waals surface area contributed by atoms with Gasteiger partial charge in [-0.15, -0.1) is 6.58 Å². The molecule has 40 heavy (non-hydrogen) atoms. The number of ether oxygens (including phenoxy) is 2. The first-order valence-corrected chi connectivity index (χ1v) is 14.4. The zero-order valence-electron chi connectivity index (χ0n) is 24.0. The highest BCUT2D eigenvalue weighted by Crippen LogP contribution is 2.63. The Morgan fingerprint density at radius 2 is 1.80 bits per heavy atom. The van der Waals surface area contributed by atoms with Gasteiger partial charge in [-0.3, -0.25) is 14.4 Å². The SMILES string of the molecule is C=CCOC(=O)[C@H]1[C@H]2C(=O)N(CCCCO)C(C(=O)N(CC=C)c3ccc(N(CC)CC)cc3)C23CC[C@]1(C)O3. The second-order valence-electron chi connectivity index (χ2n) is 11.0. The molecule has 2 amide bonds. The van der Waals surface area contributed by atoms with Crippen LogP contribution in [0.3, 0.4) is 0 Å². The van der Waals surface area contributed by atoms with E-state index in [0.29, 0.717) is 31.4 Å². The lowest BCUT2D eigenvalue weighted by Crippen LogP contribution is -2.56. The van der Waals surface area contributed by atoms with Crippen molar-refractivity contribution in [2.75, 3.05) is 49.2 Å². The number of hydrogen-bond acceptors (Lipinski definition) is 7. The molecule has 1 aromatic rings. The molecule has 3 saturated heterocycles. The average molecular weight is 554 g/mol. The van der Waals surface area contributed by atoms with Crippen molar-refractivity contribution in [3.05, 3.63) is 49.6 Å². The van der Waals surface area contributed by atoms with Crippen molar-refractivity contribution >= 4 is 29.2 Å². The Hall–Kier alpha value is -3.17. The minimum atomic E-state index is -1.14. The zero-order valence-corrected chi connectivity index (χ0v) is 24.0. The van der Waals surface area contributed by atoms with Crippen LogP contribution in [0.25, 0.3) is 0 Å². The van der Waals surface area contributed by atoms with Gasteiger partial charge in [0.15, 0.2) is 0 Å². The summed E-state index contributed by atoms with van der Waals surface area (Å²) in [6.45, 7) is 15.8. The van der Waals surface area contributed by atoms with Crippen LogP contribution < -0.4 is 9.80 Å². The third-order valence-corrected chi connectivity index (χ3v) is 8.78. The molecule has 218 valence electrons. The van der Waals surface area contributed by atoms with Gasteiger partial charge in [0.1, 0.15) is 24.2 Å². The molecule has 0 aromatic heterocycles. The van der Waals surface area contributed by atoms with Crippen LogP contribution in [0.4, 0.5) is 11.4 Å². The first kappa shape index (κ1) is 29.8. The number of carbonyl (C=O) groups excluding carboxylic acids is 3. The van der Waals surface area contributed by atoms with Crippen LogP contribution in [0.5, 0.6) is 0 Å². The lowest BCUT2D eigenvalue weighted by atomic mass is 9.66. The topological polar surface area (TPSA) is 99.6 Å². The number of nitrogens with zero attached hydrogens (tertiary/aromatic N) is 3. The van der Waals surface area contributed by atoms with Crippen LogP contribution in [-0.4, -0.2) is 84.4 Å². The normalized spacial score (nSPS) is 28.4. The molecule has 2 unspecified atom stereocenters. The quantitative estimate of drug-likeness (QED) is 0.214. The Balaban J connectivity index is 1.73. The zero-order chi connectivity index (χ0) is 29.1. The fraction of sp³-hybridized carbons (Fsp3) is 0.581. The van der Waals surface area contributed by atoms with Gasteiger partial charge < -0.3 is 29.3 Å². The maximum absolute atomic E-state index is 14.5. The van der Waals surface area contributed by atoms with Crippen LogP contribution >= 0.6 is 0 Å². The van der Waals surface area contributed by atoms with Crippen molar-refractivity contribution in [3.63, 3.8) is 0 Å². The second kappa shape index (κ2) is 12.1. The molecule has 3 fully saturated rings. The highest BCUT2D eigenvalue weighted by molar-refractivity contribution is 6.05. The maximum atomic E-state index is 14.5. The second-order valence-corrected chi connectivity index (χ2v) is 11.0. The average Bonchev–Trinajstić information content (AvgIpc) is 3.52. The number of aliphatic hydroxyl groups excluding tert-OH is 1. The predicted octanol–water partition coefficient (Wildman–Crippen LogP) is 3.32. The van der Waals surface area contributed by atoms with E-state index in [1.165, 1.54) is 6.08 Å². The highest BCUT2D eigenvalue weighted by Gasteiger charge is 2.78. The van der Waals surface area contributed by atoms with Crippen LogP contribution in [0.2, 0.25) is 0 Å². The summed E-state index contributed by atoms with van der Waals surface area (Å²) in [7, 11) is 0. The summed E-state index contributed by atoms with van der Waals surface area (Å²) < 4.78 is 12.1. The fourth-order valence-electron chi connectivity index (χ4n) is 6.96. The molecule has 1 N–H and O–H groups in total. The Morgan fingerprint density at radius 3 is 2.40 bits per heavy atom. The molecule has 3 heterocycles. The molecule has 9 nitrogen and oxygen atoms in total. The molecule has 9 heteroatoms. The van der Waals surface area contributed by atoms with Gasteiger partial charge in [-0.2, -0.15) is 0 Å². The van der Waals surface area contributed by atoms with Crippen molar-refractivity contribution in [3.8, 4) is 0 Å². The number of likely N-dealkylation sites (tertiary alicyclic amines) is 1. The van der Waals surface area contributed by atoms with Crippen molar-refractivity contribution in [2.24, 2.45) is 11.8 Å². The number of aliphatic hydroxyl groups is 1. The van der Waals surface area contributed by atoms with E-state index in [4.69, 9.17) is 9.47 Å². The number of rotatable bonds is 14. The smallest absolute Gasteiger partial charge is 0.313 e. The molecular weight excluding hydrogens is 510 g/mol. The van der Waals surface area contributed by atoms with Gasteiger partial charge in [-0.1, -0.05) is 18.7 Å². The third kappa shape index (κ3) is 4.94. The Kier molecular flexibility index (Phi) is 9.05. The number of anilines is 2. The molecule has 4 rings (SSSR count). The molecule has 0 aliphatic carbocycles. The summed E-state index contributed by atoms with van der Waals surface area (Å²) in [5, 5.41) is 9.39. The molecule has 3 aliphatic heterocycles. The van der Waals surface area contributed by atoms with Crippen molar-refractivity contribution in [1.82, 2.24) is 4.90 Å². The van der Waals surface area contributed by atoms with E-state index in [1.54, 1.807) is 15.9 Å². The van der Waals surface area contributed by atoms with Gasteiger partial charge in [-0.05, 0) is 70.7 Å². The van der Waals surface area contributed by atoms with Gasteiger partial charge >= 0.3 is 5.97 Å². The monoisotopic (exact) mass is 553 g/mol. The molecule has 5 atom stereocenters. The number of hydrogen-bond donors (Lipinski definition) is 1. The lowest BCUT2D eigenvalue weighted by Gasteiger charge is -2.37. The number of unbranched alkanes of at least 4 members (excludes halogenated alkanes) is 1. The Labute approximate surface area is 237 Å². The van der Waals surface area contributed by atoms with E-state index in [-0.39, 0.29) is 38.1 Å². The molecule has 0 saturated carbocycles. The van der Waals surface area contributed by atoms with Gasteiger partial charge in [0.25, 0.3) is 5.91 Å². The third-order valence-electron chi connectivity index (χ3n) is 8.78. The Bertz CT molecular complexity index is 1120. The maximum Gasteiger partial charge on any atom is 0.313 e. The van der Waals surface area contributed by atoms with Crippen molar-refractivity contribution in [2.45, 2.75) is 63.7 Å². The first-order chi connectivity index (χ1) is 19.2. The number of esters is 1. The van der Waals surface area contributed by atoms with Crippen molar-refractivity contribution < 1.29 is 29.0 Å². The van der Waals surface area contributed by atoms with Crippen LogP contribution in [0.1, 0.15) is 46.5 Å². The summed E-state index contributed by atoms with van der Waals surface area (Å²) in [5.41, 5.74) is -0.278.